The zero-order valence-electron chi connectivity index (χ0n) is 25.8. The van der Waals surface area contributed by atoms with Gasteiger partial charge in [0.25, 0.3) is 0 Å². The van der Waals surface area contributed by atoms with Gasteiger partial charge in [-0.1, -0.05) is 97.0 Å². The van der Waals surface area contributed by atoms with Crippen LogP contribution in [0.5, 0.6) is 0 Å². The van der Waals surface area contributed by atoms with Gasteiger partial charge in [0.2, 0.25) is 11.8 Å². The normalized spacial score (nSPS) is 12.7. The van der Waals surface area contributed by atoms with Gasteiger partial charge in [-0.25, -0.2) is 4.79 Å². The van der Waals surface area contributed by atoms with Gasteiger partial charge in [-0.2, -0.15) is 0 Å². The number of carboxylic acid groups (broad SMARTS) is 1. The van der Waals surface area contributed by atoms with Crippen LogP contribution in [0.2, 0.25) is 0 Å². The van der Waals surface area contributed by atoms with Crippen molar-refractivity contribution in [3.63, 3.8) is 0 Å². The molecule has 0 aliphatic carbocycles. The fourth-order valence-corrected chi connectivity index (χ4v) is 4.45. The maximum Gasteiger partial charge on any atom is 0.328 e. The van der Waals surface area contributed by atoms with Crippen LogP contribution >= 0.6 is 0 Å². The van der Waals surface area contributed by atoms with Gasteiger partial charge < -0.3 is 25.6 Å². The molecule has 0 aromatic heterocycles. The van der Waals surface area contributed by atoms with E-state index in [-0.39, 0.29) is 30.9 Å². The second kappa shape index (κ2) is 27.7. The fourth-order valence-electron chi connectivity index (χ4n) is 4.45. The number of carbonyl (C=O) groups is 4. The van der Waals surface area contributed by atoms with Gasteiger partial charge in [0, 0.05) is 12.8 Å². The molecule has 0 spiro atoms. The highest BCUT2D eigenvalue weighted by atomic mass is 16.5. The lowest BCUT2D eigenvalue weighted by Gasteiger charge is -2.15. The summed E-state index contributed by atoms with van der Waals surface area (Å²) >= 11 is 0. The lowest BCUT2D eigenvalue weighted by atomic mass is 10.1. The van der Waals surface area contributed by atoms with Gasteiger partial charge in [-0.15, -0.1) is 0 Å². The van der Waals surface area contributed by atoms with E-state index in [0.717, 1.165) is 51.4 Å². The maximum atomic E-state index is 12.5. The molecule has 9 heteroatoms. The number of carbonyl (C=O) groups excluding carboxylic acids is 3. The molecule has 2 amide bonds. The van der Waals surface area contributed by atoms with Crippen LogP contribution in [0, 0.1) is 0 Å². The lowest BCUT2D eigenvalue weighted by Crippen LogP contribution is -2.47. The maximum absolute atomic E-state index is 12.5. The SMILES string of the molecule is CCCCC/C=C\C(CCCCCCC(=O)NCC(=O)NC(CO)C(=O)O)OC(=O)CCCCCCCCCCC. The molecule has 0 fully saturated rings. The molecule has 0 aliphatic rings. The first kappa shape index (κ1) is 38.6. The van der Waals surface area contributed by atoms with Gasteiger partial charge in [0.1, 0.15) is 12.1 Å². The summed E-state index contributed by atoms with van der Waals surface area (Å²) in [7, 11) is 0. The zero-order valence-corrected chi connectivity index (χ0v) is 25.8. The minimum atomic E-state index is -1.39. The number of aliphatic hydroxyl groups excluding tert-OH is 1. The number of allylic oxidation sites excluding steroid dienone is 1. The zero-order chi connectivity index (χ0) is 30.6. The predicted molar refractivity (Wildman–Crippen MR) is 162 cm³/mol. The number of ether oxygens (including phenoxy) is 1. The predicted octanol–water partition coefficient (Wildman–Crippen LogP) is 5.97. The molecule has 0 bridgehead atoms. The van der Waals surface area contributed by atoms with Crippen LogP contribution in [0.4, 0.5) is 0 Å². The molecule has 0 aromatic rings. The Morgan fingerprint density at radius 2 is 1.29 bits per heavy atom. The highest BCUT2D eigenvalue weighted by molar-refractivity contribution is 5.87. The summed E-state index contributed by atoms with van der Waals surface area (Å²) in [6, 6.07) is -1.39. The minimum absolute atomic E-state index is 0.120. The van der Waals surface area contributed by atoms with Crippen molar-refractivity contribution in [2.45, 2.75) is 154 Å². The van der Waals surface area contributed by atoms with E-state index in [1.165, 1.54) is 57.8 Å². The van der Waals surface area contributed by atoms with Crippen molar-refractivity contribution in [2.75, 3.05) is 13.2 Å². The molecule has 9 nitrogen and oxygen atoms in total. The monoisotopic (exact) mass is 582 g/mol. The molecule has 0 aromatic carbocycles. The van der Waals surface area contributed by atoms with Gasteiger partial charge in [0.15, 0.2) is 0 Å². The Balaban J connectivity index is 4.21. The summed E-state index contributed by atoms with van der Waals surface area (Å²) in [4.78, 5) is 47.0. The molecule has 0 heterocycles. The Kier molecular flexibility index (Phi) is 26.1. The Bertz CT molecular complexity index is 727. The van der Waals surface area contributed by atoms with E-state index in [4.69, 9.17) is 14.9 Å². The van der Waals surface area contributed by atoms with E-state index >= 15 is 0 Å². The topological polar surface area (TPSA) is 142 Å². The number of hydrogen-bond acceptors (Lipinski definition) is 6. The second-order valence-electron chi connectivity index (χ2n) is 10.9. The average Bonchev–Trinajstić information content (AvgIpc) is 2.95. The van der Waals surface area contributed by atoms with Crippen molar-refractivity contribution in [2.24, 2.45) is 0 Å². The summed E-state index contributed by atoms with van der Waals surface area (Å²) in [5.41, 5.74) is 0. The second-order valence-corrected chi connectivity index (χ2v) is 10.9. The van der Waals surface area contributed by atoms with E-state index in [1.807, 2.05) is 6.08 Å². The van der Waals surface area contributed by atoms with E-state index in [0.29, 0.717) is 12.8 Å². The molecular formula is C32H58N2O7. The number of rotatable bonds is 28. The third-order valence-corrected chi connectivity index (χ3v) is 7.00. The summed E-state index contributed by atoms with van der Waals surface area (Å²) in [6.07, 6.45) is 24.1. The third kappa shape index (κ3) is 25.0. The highest BCUT2D eigenvalue weighted by Crippen LogP contribution is 2.15. The van der Waals surface area contributed by atoms with E-state index in [1.54, 1.807) is 0 Å². The number of aliphatic carboxylic acids is 1. The molecule has 4 N–H and O–H groups in total. The van der Waals surface area contributed by atoms with E-state index < -0.39 is 24.5 Å². The van der Waals surface area contributed by atoms with Crippen LogP contribution < -0.4 is 10.6 Å². The number of unbranched alkanes of at least 4 members (excludes halogenated alkanes) is 14. The first-order valence-corrected chi connectivity index (χ1v) is 16.1. The fraction of sp³-hybridized carbons (Fsp3) is 0.812. The van der Waals surface area contributed by atoms with Crippen LogP contribution in [-0.2, 0) is 23.9 Å². The number of nitrogens with one attached hydrogen (secondary N) is 2. The first-order valence-electron chi connectivity index (χ1n) is 16.1. The summed E-state index contributed by atoms with van der Waals surface area (Å²) in [5.74, 6) is -2.41. The molecule has 0 aliphatic heterocycles. The Morgan fingerprint density at radius 3 is 1.90 bits per heavy atom. The minimum Gasteiger partial charge on any atom is -0.480 e. The van der Waals surface area contributed by atoms with Gasteiger partial charge in [-0.3, -0.25) is 14.4 Å². The molecule has 41 heavy (non-hydrogen) atoms. The van der Waals surface area contributed by atoms with Crippen molar-refractivity contribution in [3.05, 3.63) is 12.2 Å². The van der Waals surface area contributed by atoms with E-state index in [9.17, 15) is 19.2 Å². The number of carboxylic acids is 1. The Hall–Kier alpha value is -2.42. The number of amides is 2. The molecule has 2 unspecified atom stereocenters. The Morgan fingerprint density at radius 1 is 0.732 bits per heavy atom. The first-order chi connectivity index (χ1) is 19.8. The van der Waals surface area contributed by atoms with Crippen molar-refractivity contribution >= 4 is 23.8 Å². The average molecular weight is 583 g/mol. The molecule has 2 atom stereocenters. The van der Waals surface area contributed by atoms with Crippen molar-refractivity contribution < 1.29 is 34.1 Å². The van der Waals surface area contributed by atoms with Crippen LogP contribution in [0.25, 0.3) is 0 Å². The summed E-state index contributed by atoms with van der Waals surface area (Å²) < 4.78 is 5.80. The Labute approximate surface area is 248 Å². The molecule has 0 saturated carbocycles. The van der Waals surface area contributed by atoms with Crippen molar-refractivity contribution in [3.8, 4) is 0 Å². The highest BCUT2D eigenvalue weighted by Gasteiger charge is 2.18. The largest absolute Gasteiger partial charge is 0.480 e. The van der Waals surface area contributed by atoms with Gasteiger partial charge in [-0.05, 0) is 44.6 Å². The van der Waals surface area contributed by atoms with Crippen LogP contribution in [0.15, 0.2) is 12.2 Å². The molecule has 0 saturated heterocycles. The third-order valence-electron chi connectivity index (χ3n) is 7.00. The standard InChI is InChI=1S/C32H58N2O7/c1-3-5-7-9-10-11-12-14-20-24-31(38)41-27(21-17-13-8-6-4-2)22-18-15-16-19-23-29(36)33-25-30(37)34-28(26-35)32(39)40/h17,21,27-28,35H,3-16,18-20,22-26H2,1-2H3,(H,33,36)(H,34,37)(H,39,40)/b21-17-. The molecule has 0 rings (SSSR count). The van der Waals surface area contributed by atoms with Crippen molar-refractivity contribution in [1.82, 2.24) is 10.6 Å². The van der Waals surface area contributed by atoms with Crippen LogP contribution in [-0.4, -0.2) is 59.3 Å². The van der Waals surface area contributed by atoms with Crippen molar-refractivity contribution in [1.29, 1.82) is 0 Å². The molecular weight excluding hydrogens is 524 g/mol. The summed E-state index contributed by atoms with van der Waals surface area (Å²) in [5, 5.41) is 22.4. The number of esters is 1. The molecule has 238 valence electrons. The van der Waals surface area contributed by atoms with Crippen LogP contribution in [0.1, 0.15) is 142 Å². The smallest absolute Gasteiger partial charge is 0.328 e. The van der Waals surface area contributed by atoms with Gasteiger partial charge in [0.05, 0.1) is 13.2 Å². The van der Waals surface area contributed by atoms with E-state index in [2.05, 4.69) is 30.6 Å². The molecule has 0 radical (unpaired) electrons. The summed E-state index contributed by atoms with van der Waals surface area (Å²) in [6.45, 7) is 3.35. The number of hydrogen-bond donors (Lipinski definition) is 4. The quantitative estimate of drug-likeness (QED) is 0.0505. The lowest BCUT2D eigenvalue weighted by molar-refractivity contribution is -0.147. The van der Waals surface area contributed by atoms with Gasteiger partial charge >= 0.3 is 11.9 Å². The number of aliphatic hydroxyl groups is 1. The van der Waals surface area contributed by atoms with Crippen LogP contribution in [0.3, 0.4) is 0 Å².